The van der Waals surface area contributed by atoms with Crippen molar-refractivity contribution in [3.05, 3.63) is 75.7 Å². The summed E-state index contributed by atoms with van der Waals surface area (Å²) in [5.74, 6) is -1.39. The zero-order valence-electron chi connectivity index (χ0n) is 18.0. The van der Waals surface area contributed by atoms with Gasteiger partial charge in [0.2, 0.25) is 10.0 Å². The monoisotopic (exact) mass is 489 g/mol. The highest BCUT2D eigenvalue weighted by Gasteiger charge is 2.30. The van der Waals surface area contributed by atoms with Gasteiger partial charge in [-0.3, -0.25) is 14.9 Å². The fourth-order valence-corrected chi connectivity index (χ4v) is 4.96. The lowest BCUT2D eigenvalue weighted by Gasteiger charge is -2.26. The number of aryl methyl sites for hydroxylation is 1. The number of nitro benzene ring substituents is 1. The Labute approximate surface area is 194 Å². The number of nitrogens with one attached hydrogen (secondary N) is 1. The molecule has 178 valence electrons. The predicted molar refractivity (Wildman–Crippen MR) is 119 cm³/mol. The van der Waals surface area contributed by atoms with Crippen LogP contribution in [0.5, 0.6) is 0 Å². The van der Waals surface area contributed by atoms with E-state index in [4.69, 9.17) is 4.74 Å². The Kier molecular flexibility index (Phi) is 6.41. The van der Waals surface area contributed by atoms with Crippen molar-refractivity contribution in [2.75, 3.05) is 31.6 Å². The molecule has 13 heteroatoms. The average Bonchev–Trinajstić information content (AvgIpc) is 3.19. The first kappa shape index (κ1) is 23.5. The van der Waals surface area contributed by atoms with Gasteiger partial charge >= 0.3 is 0 Å². The SMILES string of the molecule is Cc1cc(NC(=O)c2ccc(F)c(S(=O)(=O)N3CCOCC3)c2)n(-c2ccc([N+](=O)[O-])cc2)n1. The fourth-order valence-electron chi connectivity index (χ4n) is 3.46. The van der Waals surface area contributed by atoms with E-state index >= 15 is 0 Å². The molecule has 1 saturated heterocycles. The molecule has 0 unspecified atom stereocenters. The number of morpholine rings is 1. The molecule has 3 aromatic rings. The van der Waals surface area contributed by atoms with E-state index in [1.807, 2.05) is 0 Å². The van der Waals surface area contributed by atoms with E-state index < -0.39 is 31.6 Å². The van der Waals surface area contributed by atoms with Crippen LogP contribution in [-0.4, -0.2) is 59.6 Å². The van der Waals surface area contributed by atoms with Crippen molar-refractivity contribution in [1.29, 1.82) is 0 Å². The Morgan fingerprint density at radius 2 is 1.82 bits per heavy atom. The van der Waals surface area contributed by atoms with Crippen LogP contribution in [0.3, 0.4) is 0 Å². The Balaban J connectivity index is 1.62. The second-order valence-corrected chi connectivity index (χ2v) is 9.38. The molecule has 1 amide bonds. The van der Waals surface area contributed by atoms with E-state index in [1.54, 1.807) is 13.0 Å². The van der Waals surface area contributed by atoms with E-state index in [2.05, 4.69) is 10.4 Å². The molecule has 2 heterocycles. The maximum absolute atomic E-state index is 14.5. The van der Waals surface area contributed by atoms with Gasteiger partial charge < -0.3 is 10.1 Å². The third-order valence-corrected chi connectivity index (χ3v) is 7.07. The highest BCUT2D eigenvalue weighted by atomic mass is 32.2. The first-order valence-electron chi connectivity index (χ1n) is 10.2. The molecule has 1 aliphatic rings. The maximum Gasteiger partial charge on any atom is 0.269 e. The van der Waals surface area contributed by atoms with Gasteiger partial charge in [0.1, 0.15) is 16.5 Å². The molecule has 1 aromatic heterocycles. The Morgan fingerprint density at radius 3 is 2.47 bits per heavy atom. The van der Waals surface area contributed by atoms with E-state index in [0.717, 1.165) is 16.4 Å². The van der Waals surface area contributed by atoms with Crippen molar-refractivity contribution in [2.45, 2.75) is 11.8 Å². The third-order valence-electron chi connectivity index (χ3n) is 5.16. The Bertz CT molecular complexity index is 1350. The molecule has 0 atom stereocenters. The van der Waals surface area contributed by atoms with Gasteiger partial charge in [-0.15, -0.1) is 0 Å². The zero-order valence-corrected chi connectivity index (χ0v) is 18.8. The van der Waals surface area contributed by atoms with E-state index in [-0.39, 0.29) is 43.4 Å². The predicted octanol–water partition coefficient (Wildman–Crippen LogP) is 2.50. The van der Waals surface area contributed by atoms with Crippen molar-refractivity contribution >= 4 is 27.4 Å². The van der Waals surface area contributed by atoms with Gasteiger partial charge in [0, 0.05) is 36.9 Å². The number of sulfonamides is 1. The topological polar surface area (TPSA) is 137 Å². The van der Waals surface area contributed by atoms with Crippen molar-refractivity contribution in [2.24, 2.45) is 0 Å². The van der Waals surface area contributed by atoms with Crippen molar-refractivity contribution in [3.8, 4) is 5.69 Å². The molecule has 0 aliphatic carbocycles. The number of hydrogen-bond donors (Lipinski definition) is 1. The smallest absolute Gasteiger partial charge is 0.269 e. The Hall–Kier alpha value is -3.68. The van der Waals surface area contributed by atoms with Crippen LogP contribution < -0.4 is 5.32 Å². The number of ether oxygens (including phenoxy) is 1. The second-order valence-electron chi connectivity index (χ2n) is 7.47. The summed E-state index contributed by atoms with van der Waals surface area (Å²) in [5, 5.41) is 17.8. The van der Waals surface area contributed by atoms with Crippen LogP contribution in [0.25, 0.3) is 5.69 Å². The first-order valence-corrected chi connectivity index (χ1v) is 11.6. The van der Waals surface area contributed by atoms with Gasteiger partial charge in [-0.05, 0) is 37.3 Å². The molecule has 0 spiro atoms. The van der Waals surface area contributed by atoms with Crippen LogP contribution in [0.4, 0.5) is 15.9 Å². The van der Waals surface area contributed by atoms with Crippen LogP contribution in [0.2, 0.25) is 0 Å². The van der Waals surface area contributed by atoms with Crippen molar-refractivity contribution in [1.82, 2.24) is 14.1 Å². The summed E-state index contributed by atoms with van der Waals surface area (Å²) >= 11 is 0. The van der Waals surface area contributed by atoms with Gasteiger partial charge in [-0.1, -0.05) is 0 Å². The van der Waals surface area contributed by atoms with Crippen LogP contribution in [0.1, 0.15) is 16.1 Å². The summed E-state index contributed by atoms with van der Waals surface area (Å²) in [6.45, 7) is 2.28. The molecule has 1 aliphatic heterocycles. The number of carbonyl (C=O) groups excluding carboxylic acids is 1. The van der Waals surface area contributed by atoms with Gasteiger partial charge in [-0.25, -0.2) is 17.5 Å². The number of non-ortho nitro benzene ring substituents is 1. The number of hydrogen-bond acceptors (Lipinski definition) is 7. The summed E-state index contributed by atoms with van der Waals surface area (Å²) in [6.07, 6.45) is 0. The molecule has 34 heavy (non-hydrogen) atoms. The molecule has 11 nitrogen and oxygen atoms in total. The van der Waals surface area contributed by atoms with E-state index in [9.17, 15) is 27.7 Å². The lowest BCUT2D eigenvalue weighted by atomic mass is 10.2. The van der Waals surface area contributed by atoms with E-state index in [1.165, 1.54) is 35.0 Å². The number of nitrogens with zero attached hydrogens (tertiary/aromatic N) is 4. The van der Waals surface area contributed by atoms with Crippen LogP contribution in [-0.2, 0) is 14.8 Å². The summed E-state index contributed by atoms with van der Waals surface area (Å²) in [7, 11) is -4.15. The summed E-state index contributed by atoms with van der Waals surface area (Å²) < 4.78 is 47.9. The zero-order chi connectivity index (χ0) is 24.5. The molecule has 4 rings (SSSR count). The largest absolute Gasteiger partial charge is 0.379 e. The maximum atomic E-state index is 14.5. The number of amides is 1. The number of halogens is 1. The summed E-state index contributed by atoms with van der Waals surface area (Å²) in [6, 6.07) is 10.3. The lowest BCUT2D eigenvalue weighted by Crippen LogP contribution is -2.41. The fraction of sp³-hybridized carbons (Fsp3) is 0.238. The quantitative estimate of drug-likeness (QED) is 0.415. The third kappa shape index (κ3) is 4.66. The van der Waals surface area contributed by atoms with Crippen LogP contribution >= 0.6 is 0 Å². The van der Waals surface area contributed by atoms with Gasteiger partial charge in [0.25, 0.3) is 11.6 Å². The summed E-state index contributed by atoms with van der Waals surface area (Å²) in [4.78, 5) is 22.7. The van der Waals surface area contributed by atoms with Gasteiger partial charge in [-0.2, -0.15) is 9.40 Å². The van der Waals surface area contributed by atoms with Gasteiger partial charge in [0.15, 0.2) is 0 Å². The number of carbonyl (C=O) groups is 1. The molecule has 0 bridgehead atoms. The van der Waals surface area contributed by atoms with Crippen LogP contribution in [0.15, 0.2) is 53.4 Å². The molecule has 0 radical (unpaired) electrons. The second kappa shape index (κ2) is 9.29. The van der Waals surface area contributed by atoms with Crippen LogP contribution in [0, 0.1) is 22.9 Å². The average molecular weight is 489 g/mol. The van der Waals surface area contributed by atoms with Crippen molar-refractivity contribution < 1.29 is 27.3 Å². The molecular weight excluding hydrogens is 469 g/mol. The van der Waals surface area contributed by atoms with Gasteiger partial charge in [0.05, 0.1) is 29.5 Å². The minimum absolute atomic E-state index is 0.0673. The molecular formula is C21H20FN5O6S. The highest BCUT2D eigenvalue weighted by Crippen LogP contribution is 2.24. The number of anilines is 1. The number of aromatic nitrogens is 2. The lowest BCUT2D eigenvalue weighted by molar-refractivity contribution is -0.384. The minimum atomic E-state index is -4.15. The summed E-state index contributed by atoms with van der Waals surface area (Å²) in [5.41, 5.74) is 0.855. The van der Waals surface area contributed by atoms with E-state index in [0.29, 0.717) is 11.4 Å². The normalized spacial score (nSPS) is 14.6. The number of rotatable bonds is 6. The molecule has 2 aromatic carbocycles. The Morgan fingerprint density at radius 1 is 1.15 bits per heavy atom. The molecule has 1 fully saturated rings. The molecule has 0 saturated carbocycles. The highest BCUT2D eigenvalue weighted by molar-refractivity contribution is 7.89. The minimum Gasteiger partial charge on any atom is -0.379 e. The first-order chi connectivity index (χ1) is 16.2. The molecule has 1 N–H and O–H groups in total. The number of nitro groups is 1. The standard InChI is InChI=1S/C21H20FN5O6S/c1-14-12-20(26(24-14)16-3-5-17(6-4-16)27(29)30)23-21(28)15-2-7-18(22)19(13-15)34(31,32)25-8-10-33-11-9-25/h2-7,12-13H,8-11H2,1H3,(H,23,28). The number of benzene rings is 2. The van der Waals surface area contributed by atoms with Crippen molar-refractivity contribution in [3.63, 3.8) is 0 Å².